The van der Waals surface area contributed by atoms with Gasteiger partial charge in [-0.05, 0) is 50.9 Å². The molecule has 0 spiro atoms. The van der Waals surface area contributed by atoms with Crippen LogP contribution in [0.3, 0.4) is 0 Å². The van der Waals surface area contributed by atoms with E-state index in [2.05, 4.69) is 18.8 Å². The van der Waals surface area contributed by atoms with E-state index in [0.717, 1.165) is 34.9 Å². The molecular weight excluding hydrogens is 253 g/mol. The van der Waals surface area contributed by atoms with Crippen molar-refractivity contribution in [1.82, 2.24) is 5.32 Å². The lowest BCUT2D eigenvalue weighted by Gasteiger charge is -2.17. The van der Waals surface area contributed by atoms with Crippen molar-refractivity contribution in [1.29, 1.82) is 0 Å². The summed E-state index contributed by atoms with van der Waals surface area (Å²) in [7, 11) is 1.97. The molecule has 1 aromatic carbocycles. The minimum atomic E-state index is 0.379. The van der Waals surface area contributed by atoms with Gasteiger partial charge < -0.3 is 5.32 Å². The van der Waals surface area contributed by atoms with Crippen LogP contribution in [-0.2, 0) is 6.42 Å². The predicted molar refractivity (Wildman–Crippen MR) is 77.1 cm³/mol. The smallest absolute Gasteiger partial charge is 0.0453 e. The summed E-state index contributed by atoms with van der Waals surface area (Å²) in [4.78, 5) is 0. The van der Waals surface area contributed by atoms with Crippen molar-refractivity contribution in [3.8, 4) is 0 Å². The van der Waals surface area contributed by atoms with E-state index in [1.807, 2.05) is 25.2 Å². The maximum atomic E-state index is 6.16. The van der Waals surface area contributed by atoms with Crippen LogP contribution in [0.5, 0.6) is 0 Å². The van der Waals surface area contributed by atoms with Crippen LogP contribution >= 0.6 is 23.2 Å². The highest BCUT2D eigenvalue weighted by Gasteiger charge is 2.12. The van der Waals surface area contributed by atoms with Crippen LogP contribution in [0.4, 0.5) is 0 Å². The first kappa shape index (κ1) is 14.6. The molecule has 0 aromatic heterocycles. The van der Waals surface area contributed by atoms with Crippen molar-refractivity contribution in [3.63, 3.8) is 0 Å². The molecule has 0 aliphatic rings. The summed E-state index contributed by atoms with van der Waals surface area (Å²) in [5, 5.41) is 4.79. The Kier molecular flexibility index (Phi) is 6.04. The first-order chi connectivity index (χ1) is 8.04. The second-order valence-corrected chi connectivity index (χ2v) is 5.20. The molecule has 0 heterocycles. The molecule has 1 unspecified atom stereocenters. The lowest BCUT2D eigenvalue weighted by molar-refractivity contribution is 0.519. The summed E-state index contributed by atoms with van der Waals surface area (Å²) in [5.41, 5.74) is 2.23. The number of halogens is 2. The highest BCUT2D eigenvalue weighted by molar-refractivity contribution is 6.35. The maximum Gasteiger partial charge on any atom is 0.0453 e. The minimum absolute atomic E-state index is 0.379. The summed E-state index contributed by atoms with van der Waals surface area (Å²) in [6.45, 7) is 5.97. The summed E-state index contributed by atoms with van der Waals surface area (Å²) >= 11 is 12.3. The number of nitrogens with one attached hydrogen (secondary N) is 1. The van der Waals surface area contributed by atoms with E-state index in [-0.39, 0.29) is 0 Å². The Morgan fingerprint density at radius 2 is 1.94 bits per heavy atom. The predicted octanol–water partition coefficient (Wildman–Crippen LogP) is 4.48. The molecule has 0 amide bonds. The van der Waals surface area contributed by atoms with E-state index in [0.29, 0.717) is 6.04 Å². The molecule has 17 heavy (non-hydrogen) atoms. The average Bonchev–Trinajstić information content (AvgIpc) is 2.27. The molecule has 1 atom stereocenters. The summed E-state index contributed by atoms with van der Waals surface area (Å²) < 4.78 is 0. The molecule has 0 saturated heterocycles. The van der Waals surface area contributed by atoms with Gasteiger partial charge in [0.2, 0.25) is 0 Å². The van der Waals surface area contributed by atoms with Crippen molar-refractivity contribution in [3.05, 3.63) is 46.0 Å². The standard InChI is InChI=1S/C14H19Cl2N/c1-10(2)7-8-11(17-3)9-12-13(15)5-4-6-14(12)16/h4-6,11,17H,1,7-9H2,2-3H3. The highest BCUT2D eigenvalue weighted by atomic mass is 35.5. The van der Waals surface area contributed by atoms with Crippen LogP contribution < -0.4 is 5.32 Å². The van der Waals surface area contributed by atoms with Gasteiger partial charge in [0.1, 0.15) is 0 Å². The quantitative estimate of drug-likeness (QED) is 0.753. The lowest BCUT2D eigenvalue weighted by atomic mass is 10.00. The number of likely N-dealkylation sites (N-methyl/N-ethyl adjacent to an activating group) is 1. The topological polar surface area (TPSA) is 12.0 Å². The van der Waals surface area contributed by atoms with E-state index >= 15 is 0 Å². The Labute approximate surface area is 114 Å². The van der Waals surface area contributed by atoms with Crippen molar-refractivity contribution < 1.29 is 0 Å². The largest absolute Gasteiger partial charge is 0.317 e. The van der Waals surface area contributed by atoms with E-state index in [9.17, 15) is 0 Å². The van der Waals surface area contributed by atoms with E-state index in [4.69, 9.17) is 23.2 Å². The molecule has 1 aromatic rings. The SMILES string of the molecule is C=C(C)CCC(Cc1c(Cl)cccc1Cl)NC. The Balaban J connectivity index is 2.70. The van der Waals surface area contributed by atoms with Gasteiger partial charge in [0, 0.05) is 16.1 Å². The Bertz CT molecular complexity index is 368. The summed E-state index contributed by atoms with van der Waals surface area (Å²) in [5.74, 6) is 0. The second kappa shape index (κ2) is 7.05. The van der Waals surface area contributed by atoms with Crippen molar-refractivity contribution >= 4 is 23.2 Å². The molecule has 0 bridgehead atoms. The van der Waals surface area contributed by atoms with E-state index in [1.54, 1.807) is 0 Å². The van der Waals surface area contributed by atoms with Gasteiger partial charge in [-0.15, -0.1) is 6.58 Å². The molecule has 0 fully saturated rings. The van der Waals surface area contributed by atoms with E-state index < -0.39 is 0 Å². The number of hydrogen-bond donors (Lipinski definition) is 1. The van der Waals surface area contributed by atoms with Crippen LogP contribution in [0.15, 0.2) is 30.4 Å². The van der Waals surface area contributed by atoms with Gasteiger partial charge >= 0.3 is 0 Å². The molecule has 0 saturated carbocycles. The number of rotatable bonds is 6. The molecular formula is C14H19Cl2N. The average molecular weight is 272 g/mol. The molecule has 1 nitrogen and oxygen atoms in total. The summed E-state index contributed by atoms with van der Waals surface area (Å²) in [6.07, 6.45) is 2.92. The van der Waals surface area contributed by atoms with Gasteiger partial charge in [-0.3, -0.25) is 0 Å². The Hall–Kier alpha value is -0.500. The normalized spacial score (nSPS) is 12.5. The van der Waals surface area contributed by atoms with Crippen LogP contribution in [0.1, 0.15) is 25.3 Å². The zero-order valence-corrected chi connectivity index (χ0v) is 11.9. The van der Waals surface area contributed by atoms with Crippen molar-refractivity contribution in [2.75, 3.05) is 7.05 Å². The fourth-order valence-corrected chi connectivity index (χ4v) is 2.29. The maximum absolute atomic E-state index is 6.16. The fourth-order valence-electron chi connectivity index (χ4n) is 1.74. The van der Waals surface area contributed by atoms with Crippen molar-refractivity contribution in [2.24, 2.45) is 0 Å². The first-order valence-electron chi connectivity index (χ1n) is 5.79. The van der Waals surface area contributed by atoms with Gasteiger partial charge in [-0.2, -0.15) is 0 Å². The van der Waals surface area contributed by atoms with Crippen LogP contribution in [0.2, 0.25) is 10.0 Å². The molecule has 3 heteroatoms. The molecule has 0 aliphatic carbocycles. The molecule has 1 rings (SSSR count). The van der Waals surface area contributed by atoms with Gasteiger partial charge in [-0.1, -0.05) is 34.8 Å². The van der Waals surface area contributed by atoms with Crippen LogP contribution in [-0.4, -0.2) is 13.1 Å². The number of benzene rings is 1. The monoisotopic (exact) mass is 271 g/mol. The Morgan fingerprint density at radius 3 is 2.41 bits per heavy atom. The summed E-state index contributed by atoms with van der Waals surface area (Å²) in [6, 6.07) is 6.02. The lowest BCUT2D eigenvalue weighted by Crippen LogP contribution is -2.27. The van der Waals surface area contributed by atoms with Crippen LogP contribution in [0.25, 0.3) is 0 Å². The molecule has 0 aliphatic heterocycles. The third-order valence-corrected chi connectivity index (χ3v) is 3.55. The third kappa shape index (κ3) is 4.71. The first-order valence-corrected chi connectivity index (χ1v) is 6.54. The van der Waals surface area contributed by atoms with Gasteiger partial charge in [0.05, 0.1) is 0 Å². The fraction of sp³-hybridized carbons (Fsp3) is 0.429. The second-order valence-electron chi connectivity index (χ2n) is 4.39. The van der Waals surface area contributed by atoms with Crippen molar-refractivity contribution in [2.45, 2.75) is 32.2 Å². The van der Waals surface area contributed by atoms with Gasteiger partial charge in [0.25, 0.3) is 0 Å². The van der Waals surface area contributed by atoms with E-state index in [1.165, 1.54) is 5.57 Å². The third-order valence-electron chi connectivity index (χ3n) is 2.84. The number of allylic oxidation sites excluding steroid dienone is 1. The zero-order valence-electron chi connectivity index (χ0n) is 10.4. The molecule has 0 radical (unpaired) electrons. The molecule has 1 N–H and O–H groups in total. The minimum Gasteiger partial charge on any atom is -0.317 e. The number of hydrogen-bond acceptors (Lipinski definition) is 1. The van der Waals surface area contributed by atoms with Gasteiger partial charge in [-0.25, -0.2) is 0 Å². The highest BCUT2D eigenvalue weighted by Crippen LogP contribution is 2.26. The van der Waals surface area contributed by atoms with Gasteiger partial charge in [0.15, 0.2) is 0 Å². The zero-order chi connectivity index (χ0) is 12.8. The molecule has 94 valence electrons. The Morgan fingerprint density at radius 1 is 1.35 bits per heavy atom. The van der Waals surface area contributed by atoms with Crippen LogP contribution in [0, 0.1) is 0 Å².